The molecule has 1 heterocycles. The van der Waals surface area contributed by atoms with Gasteiger partial charge in [0.15, 0.2) is 0 Å². The van der Waals surface area contributed by atoms with Crippen molar-refractivity contribution in [3.05, 3.63) is 99.1 Å². The van der Waals surface area contributed by atoms with E-state index in [1.54, 1.807) is 22.3 Å². The molecule has 33 heavy (non-hydrogen) atoms. The molecule has 0 aliphatic rings. The summed E-state index contributed by atoms with van der Waals surface area (Å²) >= 11 is 1.61. The predicted octanol–water partition coefficient (Wildman–Crippen LogP) is 5.30. The largest absolute Gasteiger partial charge is 0.332 e. The van der Waals surface area contributed by atoms with E-state index in [1.165, 1.54) is 9.71 Å². The summed E-state index contributed by atoms with van der Waals surface area (Å²) in [7, 11) is -3.75. The molecule has 0 aliphatic heterocycles. The third-order valence-electron chi connectivity index (χ3n) is 5.25. The average Bonchev–Trinajstić information content (AvgIpc) is 3.22. The number of carbonyl (C=O) groups is 1. The maximum absolute atomic E-state index is 13.4. The van der Waals surface area contributed by atoms with Crippen molar-refractivity contribution in [2.45, 2.75) is 33.4 Å². The molecule has 7 heteroatoms. The normalized spacial score (nSPS) is 11.8. The summed E-state index contributed by atoms with van der Waals surface area (Å²) in [6.07, 6.45) is 2.19. The molecule has 3 aromatic rings. The molecule has 0 radical (unpaired) electrons. The van der Waals surface area contributed by atoms with Gasteiger partial charge in [0.2, 0.25) is 15.9 Å². The van der Waals surface area contributed by atoms with Crippen LogP contribution in [0.3, 0.4) is 0 Å². The highest BCUT2D eigenvalue weighted by atomic mass is 32.2. The monoisotopic (exact) mass is 482 g/mol. The highest BCUT2D eigenvalue weighted by Crippen LogP contribution is 2.20. The molecule has 2 aromatic carbocycles. The van der Waals surface area contributed by atoms with Crippen molar-refractivity contribution in [1.82, 2.24) is 9.21 Å². The lowest BCUT2D eigenvalue weighted by atomic mass is 10.2. The van der Waals surface area contributed by atoms with Crippen LogP contribution in [0.4, 0.5) is 0 Å². The fourth-order valence-electron chi connectivity index (χ4n) is 3.39. The summed E-state index contributed by atoms with van der Waals surface area (Å²) in [6, 6.07) is 21.1. The van der Waals surface area contributed by atoms with E-state index in [4.69, 9.17) is 0 Å². The van der Waals surface area contributed by atoms with Gasteiger partial charge in [-0.15, -0.1) is 11.3 Å². The predicted molar refractivity (Wildman–Crippen MR) is 136 cm³/mol. The Kier molecular flexibility index (Phi) is 9.00. The van der Waals surface area contributed by atoms with Crippen LogP contribution in [0, 0.1) is 6.92 Å². The maximum atomic E-state index is 13.4. The van der Waals surface area contributed by atoms with E-state index in [1.807, 2.05) is 86.0 Å². The molecular weight excluding hydrogens is 452 g/mol. The Balaban J connectivity index is 1.80. The van der Waals surface area contributed by atoms with Crippen molar-refractivity contribution in [1.29, 1.82) is 0 Å². The Morgan fingerprint density at radius 1 is 0.970 bits per heavy atom. The Hall–Kier alpha value is -2.74. The number of benzene rings is 2. The van der Waals surface area contributed by atoms with E-state index in [0.29, 0.717) is 19.5 Å². The minimum absolute atomic E-state index is 0.188. The third kappa shape index (κ3) is 7.39. The SMILES string of the molecule is CCCN(CC(=O)N(Cc1ccccc1)Cc1sccc1C)S(=O)(=O)C=Cc1ccccc1. The molecule has 0 bridgehead atoms. The van der Waals surface area contributed by atoms with Crippen molar-refractivity contribution < 1.29 is 13.2 Å². The summed E-state index contributed by atoms with van der Waals surface area (Å²) in [4.78, 5) is 16.2. The van der Waals surface area contributed by atoms with Crippen LogP contribution in [0.5, 0.6) is 0 Å². The minimum Gasteiger partial charge on any atom is -0.332 e. The van der Waals surface area contributed by atoms with Gasteiger partial charge in [-0.1, -0.05) is 67.6 Å². The highest BCUT2D eigenvalue weighted by molar-refractivity contribution is 7.92. The van der Waals surface area contributed by atoms with Gasteiger partial charge in [0.05, 0.1) is 13.1 Å². The van der Waals surface area contributed by atoms with Crippen molar-refractivity contribution >= 4 is 33.3 Å². The molecular formula is C26H30N2O3S2. The van der Waals surface area contributed by atoms with Gasteiger partial charge in [-0.2, -0.15) is 4.31 Å². The molecule has 174 valence electrons. The van der Waals surface area contributed by atoms with Crippen molar-refractivity contribution in [3.63, 3.8) is 0 Å². The Bertz CT molecular complexity index is 1160. The van der Waals surface area contributed by atoms with Crippen LogP contribution in [-0.2, 0) is 27.9 Å². The fourth-order valence-corrected chi connectivity index (χ4v) is 5.54. The van der Waals surface area contributed by atoms with Crippen molar-refractivity contribution in [2.24, 2.45) is 0 Å². The zero-order valence-electron chi connectivity index (χ0n) is 19.1. The van der Waals surface area contributed by atoms with Crippen molar-refractivity contribution in [2.75, 3.05) is 13.1 Å². The van der Waals surface area contributed by atoms with Crippen LogP contribution in [0.2, 0.25) is 0 Å². The molecule has 0 atom stereocenters. The first-order valence-electron chi connectivity index (χ1n) is 11.0. The van der Waals surface area contributed by atoms with E-state index in [9.17, 15) is 13.2 Å². The summed E-state index contributed by atoms with van der Waals surface area (Å²) in [6.45, 7) is 4.91. The number of amides is 1. The first kappa shape index (κ1) is 24.9. The Morgan fingerprint density at radius 2 is 1.64 bits per heavy atom. The molecule has 3 rings (SSSR count). The van der Waals surface area contributed by atoms with Crippen LogP contribution in [0.15, 0.2) is 77.5 Å². The van der Waals surface area contributed by atoms with E-state index >= 15 is 0 Å². The highest BCUT2D eigenvalue weighted by Gasteiger charge is 2.25. The van der Waals surface area contributed by atoms with Crippen LogP contribution < -0.4 is 0 Å². The van der Waals surface area contributed by atoms with Gasteiger partial charge in [-0.05, 0) is 47.6 Å². The fraction of sp³-hybridized carbons (Fsp3) is 0.269. The standard InChI is InChI=1S/C26H30N2O3S2/c1-3-16-28(33(30,31)18-15-23-10-6-4-7-11-23)21-26(29)27(19-24-12-8-5-9-13-24)20-25-22(2)14-17-32-25/h4-15,17-18H,3,16,19-21H2,1-2H3. The van der Waals surface area contributed by atoms with E-state index in [-0.39, 0.29) is 19.0 Å². The van der Waals surface area contributed by atoms with Crippen molar-refractivity contribution in [3.8, 4) is 0 Å². The minimum atomic E-state index is -3.75. The number of thiophene rings is 1. The molecule has 0 aliphatic carbocycles. The smallest absolute Gasteiger partial charge is 0.238 e. The van der Waals surface area contributed by atoms with E-state index in [2.05, 4.69) is 0 Å². The van der Waals surface area contributed by atoms with Gasteiger partial charge >= 0.3 is 0 Å². The van der Waals surface area contributed by atoms with E-state index in [0.717, 1.165) is 21.6 Å². The Labute approximate surface area is 201 Å². The topological polar surface area (TPSA) is 57.7 Å². The number of aryl methyl sites for hydroxylation is 1. The molecule has 0 N–H and O–H groups in total. The average molecular weight is 483 g/mol. The summed E-state index contributed by atoms with van der Waals surface area (Å²) in [5.41, 5.74) is 2.94. The van der Waals surface area contributed by atoms with Gasteiger partial charge in [0, 0.05) is 23.4 Å². The molecule has 0 unspecified atom stereocenters. The molecule has 0 fully saturated rings. The van der Waals surface area contributed by atoms with Gasteiger partial charge in [0.25, 0.3) is 0 Å². The third-order valence-corrected chi connectivity index (χ3v) is 7.77. The molecule has 0 saturated heterocycles. The zero-order chi connectivity index (χ0) is 23.7. The first-order chi connectivity index (χ1) is 15.9. The Morgan fingerprint density at radius 3 is 2.24 bits per heavy atom. The van der Waals surface area contributed by atoms with Crippen LogP contribution in [-0.4, -0.2) is 36.6 Å². The van der Waals surface area contributed by atoms with Crippen LogP contribution >= 0.6 is 11.3 Å². The van der Waals surface area contributed by atoms with Gasteiger partial charge in [0.1, 0.15) is 0 Å². The first-order valence-corrected chi connectivity index (χ1v) is 13.4. The lowest BCUT2D eigenvalue weighted by Crippen LogP contribution is -2.42. The van der Waals surface area contributed by atoms with Crippen LogP contribution in [0.25, 0.3) is 6.08 Å². The zero-order valence-corrected chi connectivity index (χ0v) is 20.7. The van der Waals surface area contributed by atoms with Crippen LogP contribution in [0.1, 0.15) is 34.9 Å². The summed E-state index contributed by atoms with van der Waals surface area (Å²) < 4.78 is 27.4. The summed E-state index contributed by atoms with van der Waals surface area (Å²) in [5, 5.41) is 3.20. The molecule has 5 nitrogen and oxygen atoms in total. The maximum Gasteiger partial charge on any atom is 0.238 e. The molecule has 1 amide bonds. The lowest BCUT2D eigenvalue weighted by molar-refractivity contribution is -0.132. The quantitative estimate of drug-likeness (QED) is 0.373. The van der Waals surface area contributed by atoms with Gasteiger partial charge in [-0.3, -0.25) is 4.79 Å². The number of rotatable bonds is 11. The second kappa shape index (κ2) is 11.9. The molecule has 0 spiro atoms. The number of carbonyl (C=O) groups excluding carboxylic acids is 1. The summed E-state index contributed by atoms with van der Waals surface area (Å²) in [5.74, 6) is -0.211. The lowest BCUT2D eigenvalue weighted by Gasteiger charge is -2.26. The number of sulfonamides is 1. The van der Waals surface area contributed by atoms with Gasteiger partial charge < -0.3 is 4.90 Å². The molecule has 1 aromatic heterocycles. The number of nitrogens with zero attached hydrogens (tertiary/aromatic N) is 2. The molecule has 0 saturated carbocycles. The van der Waals surface area contributed by atoms with Gasteiger partial charge in [-0.25, -0.2) is 8.42 Å². The van der Waals surface area contributed by atoms with E-state index < -0.39 is 10.0 Å². The number of hydrogen-bond acceptors (Lipinski definition) is 4. The second-order valence-electron chi connectivity index (χ2n) is 7.85. The second-order valence-corrected chi connectivity index (χ2v) is 10.7. The number of hydrogen-bond donors (Lipinski definition) is 0.